The van der Waals surface area contributed by atoms with Crippen LogP contribution in [0.2, 0.25) is 0 Å². The van der Waals surface area contributed by atoms with Gasteiger partial charge in [-0.05, 0) is 29.8 Å². The summed E-state index contributed by atoms with van der Waals surface area (Å²) < 4.78 is 5.79. The molecule has 1 aromatic heterocycles. The van der Waals surface area contributed by atoms with Crippen molar-refractivity contribution in [2.75, 3.05) is 18.4 Å². The second kappa shape index (κ2) is 8.01. The SMILES string of the molecule is O=C(Nc1cccc(Oc2cccnc2)c1)[C@@H]1CNC[C@H]1c1ccccc1. The minimum atomic E-state index is -0.102. The summed E-state index contributed by atoms with van der Waals surface area (Å²) in [5.41, 5.74) is 1.91. The third kappa shape index (κ3) is 4.15. The highest BCUT2D eigenvalue weighted by molar-refractivity contribution is 5.93. The van der Waals surface area contributed by atoms with E-state index in [-0.39, 0.29) is 17.7 Å². The van der Waals surface area contributed by atoms with E-state index in [9.17, 15) is 4.79 Å². The summed E-state index contributed by atoms with van der Waals surface area (Å²) in [4.78, 5) is 16.9. The predicted molar refractivity (Wildman–Crippen MR) is 105 cm³/mol. The van der Waals surface area contributed by atoms with E-state index in [1.807, 2.05) is 54.6 Å². The Bertz CT molecular complexity index is 900. The first kappa shape index (κ1) is 17.2. The van der Waals surface area contributed by atoms with Crippen LogP contribution in [0, 0.1) is 5.92 Å². The molecule has 1 amide bonds. The van der Waals surface area contributed by atoms with Crippen LogP contribution < -0.4 is 15.4 Å². The van der Waals surface area contributed by atoms with Crippen LogP contribution in [0.15, 0.2) is 79.1 Å². The molecule has 1 aliphatic rings. The van der Waals surface area contributed by atoms with Crippen LogP contribution in [-0.4, -0.2) is 24.0 Å². The molecule has 4 rings (SSSR count). The lowest BCUT2D eigenvalue weighted by molar-refractivity contribution is -0.119. The number of nitrogens with one attached hydrogen (secondary N) is 2. The van der Waals surface area contributed by atoms with Gasteiger partial charge in [0.25, 0.3) is 0 Å². The van der Waals surface area contributed by atoms with Crippen LogP contribution in [0.1, 0.15) is 11.5 Å². The number of nitrogens with zero attached hydrogens (tertiary/aromatic N) is 1. The Hall–Kier alpha value is -3.18. The molecule has 0 spiro atoms. The number of carbonyl (C=O) groups excluding carboxylic acids is 1. The second-order valence-electron chi connectivity index (χ2n) is 6.59. The fourth-order valence-corrected chi connectivity index (χ4v) is 3.42. The van der Waals surface area contributed by atoms with Crippen molar-refractivity contribution in [3.8, 4) is 11.5 Å². The van der Waals surface area contributed by atoms with E-state index in [2.05, 4.69) is 27.8 Å². The van der Waals surface area contributed by atoms with Gasteiger partial charge in [0.2, 0.25) is 5.91 Å². The van der Waals surface area contributed by atoms with Crippen molar-refractivity contribution >= 4 is 11.6 Å². The Morgan fingerprint density at radius 1 is 1.00 bits per heavy atom. The van der Waals surface area contributed by atoms with Gasteiger partial charge in [-0.25, -0.2) is 0 Å². The molecule has 5 nitrogen and oxygen atoms in total. The fraction of sp³-hybridized carbons (Fsp3) is 0.182. The molecular formula is C22H21N3O2. The molecule has 136 valence electrons. The third-order valence-corrected chi connectivity index (χ3v) is 4.75. The molecular weight excluding hydrogens is 338 g/mol. The summed E-state index contributed by atoms with van der Waals surface area (Å²) in [5.74, 6) is 1.42. The standard InChI is InChI=1S/C22H21N3O2/c26-22(21-15-24-14-20(21)16-6-2-1-3-7-16)25-17-8-4-9-18(12-17)27-19-10-5-11-23-13-19/h1-13,20-21,24H,14-15H2,(H,25,26)/t20-,21+/m0/s1. The van der Waals surface area contributed by atoms with E-state index >= 15 is 0 Å². The van der Waals surface area contributed by atoms with Crippen molar-refractivity contribution in [2.45, 2.75) is 5.92 Å². The van der Waals surface area contributed by atoms with Gasteiger partial charge in [-0.1, -0.05) is 36.4 Å². The average molecular weight is 359 g/mol. The number of pyridine rings is 1. The van der Waals surface area contributed by atoms with Crippen molar-refractivity contribution in [3.63, 3.8) is 0 Å². The Labute approximate surface area is 158 Å². The van der Waals surface area contributed by atoms with Gasteiger partial charge in [-0.2, -0.15) is 0 Å². The molecule has 2 atom stereocenters. The first-order valence-electron chi connectivity index (χ1n) is 9.04. The maximum absolute atomic E-state index is 12.9. The number of amides is 1. The molecule has 2 N–H and O–H groups in total. The maximum Gasteiger partial charge on any atom is 0.229 e. The van der Waals surface area contributed by atoms with Gasteiger partial charge in [0.1, 0.15) is 11.5 Å². The zero-order chi connectivity index (χ0) is 18.5. The highest BCUT2D eigenvalue weighted by atomic mass is 16.5. The van der Waals surface area contributed by atoms with Crippen molar-refractivity contribution in [2.24, 2.45) is 5.92 Å². The average Bonchev–Trinajstić information content (AvgIpc) is 3.20. The van der Waals surface area contributed by atoms with Crippen LogP contribution in [0.25, 0.3) is 0 Å². The largest absolute Gasteiger partial charge is 0.456 e. The molecule has 0 radical (unpaired) electrons. The van der Waals surface area contributed by atoms with Gasteiger partial charge in [-0.15, -0.1) is 0 Å². The number of carbonyl (C=O) groups is 1. The van der Waals surface area contributed by atoms with Gasteiger partial charge in [0, 0.05) is 37.0 Å². The van der Waals surface area contributed by atoms with E-state index in [1.54, 1.807) is 12.4 Å². The van der Waals surface area contributed by atoms with Gasteiger partial charge in [0.15, 0.2) is 0 Å². The van der Waals surface area contributed by atoms with Crippen molar-refractivity contribution < 1.29 is 9.53 Å². The monoisotopic (exact) mass is 359 g/mol. The van der Waals surface area contributed by atoms with Crippen LogP contribution in [0.3, 0.4) is 0 Å². The molecule has 1 fully saturated rings. The Balaban J connectivity index is 1.45. The highest BCUT2D eigenvalue weighted by Gasteiger charge is 2.33. The number of anilines is 1. The topological polar surface area (TPSA) is 63.2 Å². The maximum atomic E-state index is 12.9. The highest BCUT2D eigenvalue weighted by Crippen LogP contribution is 2.30. The molecule has 1 saturated heterocycles. The molecule has 3 aromatic rings. The first-order valence-corrected chi connectivity index (χ1v) is 9.04. The van der Waals surface area contributed by atoms with Crippen LogP contribution in [0.4, 0.5) is 5.69 Å². The van der Waals surface area contributed by atoms with Crippen LogP contribution in [-0.2, 0) is 4.79 Å². The zero-order valence-corrected chi connectivity index (χ0v) is 14.8. The van der Waals surface area contributed by atoms with E-state index in [0.29, 0.717) is 18.0 Å². The summed E-state index contributed by atoms with van der Waals surface area (Å²) in [6.45, 7) is 1.49. The summed E-state index contributed by atoms with van der Waals surface area (Å²) >= 11 is 0. The minimum absolute atomic E-state index is 0.0207. The fourth-order valence-electron chi connectivity index (χ4n) is 3.42. The molecule has 27 heavy (non-hydrogen) atoms. The molecule has 0 saturated carbocycles. The lowest BCUT2D eigenvalue weighted by atomic mass is 9.88. The predicted octanol–water partition coefficient (Wildman–Crippen LogP) is 3.82. The van der Waals surface area contributed by atoms with Gasteiger partial charge >= 0.3 is 0 Å². The van der Waals surface area contributed by atoms with Crippen molar-refractivity contribution in [1.82, 2.24) is 10.3 Å². The Kier molecular flexibility index (Phi) is 5.12. The van der Waals surface area contributed by atoms with Gasteiger partial charge in [0.05, 0.1) is 12.1 Å². The number of hydrogen-bond acceptors (Lipinski definition) is 4. The van der Waals surface area contributed by atoms with Crippen LogP contribution in [0.5, 0.6) is 11.5 Å². The molecule has 0 bridgehead atoms. The summed E-state index contributed by atoms with van der Waals surface area (Å²) in [6, 6.07) is 21.3. The van der Waals surface area contributed by atoms with E-state index in [1.165, 1.54) is 5.56 Å². The summed E-state index contributed by atoms with van der Waals surface area (Å²) in [7, 11) is 0. The van der Waals surface area contributed by atoms with Gasteiger partial charge < -0.3 is 15.4 Å². The summed E-state index contributed by atoms with van der Waals surface area (Å²) in [6.07, 6.45) is 3.35. The number of hydrogen-bond donors (Lipinski definition) is 2. The molecule has 2 aromatic carbocycles. The minimum Gasteiger partial charge on any atom is -0.456 e. The molecule has 2 heterocycles. The Morgan fingerprint density at radius 2 is 1.85 bits per heavy atom. The number of rotatable bonds is 5. The van der Waals surface area contributed by atoms with E-state index < -0.39 is 0 Å². The number of ether oxygens (including phenoxy) is 1. The number of aromatic nitrogens is 1. The van der Waals surface area contributed by atoms with E-state index in [0.717, 1.165) is 12.2 Å². The second-order valence-corrected chi connectivity index (χ2v) is 6.59. The van der Waals surface area contributed by atoms with E-state index in [4.69, 9.17) is 4.74 Å². The smallest absolute Gasteiger partial charge is 0.229 e. The molecule has 1 aliphatic heterocycles. The lowest BCUT2D eigenvalue weighted by Crippen LogP contribution is -2.28. The number of benzene rings is 2. The van der Waals surface area contributed by atoms with Gasteiger partial charge in [-0.3, -0.25) is 9.78 Å². The lowest BCUT2D eigenvalue weighted by Gasteiger charge is -2.19. The zero-order valence-electron chi connectivity index (χ0n) is 14.8. The van der Waals surface area contributed by atoms with Crippen molar-refractivity contribution in [3.05, 3.63) is 84.7 Å². The molecule has 0 unspecified atom stereocenters. The first-order chi connectivity index (χ1) is 13.3. The summed E-state index contributed by atoms with van der Waals surface area (Å²) in [5, 5.41) is 6.37. The third-order valence-electron chi connectivity index (χ3n) is 4.75. The molecule has 5 heteroatoms. The quantitative estimate of drug-likeness (QED) is 0.727. The normalized spacial score (nSPS) is 18.8. The van der Waals surface area contributed by atoms with Crippen LogP contribution >= 0.6 is 0 Å². The molecule has 0 aliphatic carbocycles. The van der Waals surface area contributed by atoms with Crippen molar-refractivity contribution in [1.29, 1.82) is 0 Å². The Morgan fingerprint density at radius 3 is 2.67 bits per heavy atom.